The molecule has 0 spiro atoms. The van der Waals surface area contributed by atoms with Crippen LogP contribution in [0.3, 0.4) is 0 Å². The molecule has 0 aliphatic rings. The minimum Gasteiger partial charge on any atom is -0.484 e. The molecule has 7 nitrogen and oxygen atoms in total. The summed E-state index contributed by atoms with van der Waals surface area (Å²) in [6, 6.07) is 13.8. The molecule has 0 unspecified atom stereocenters. The molecule has 0 aliphatic heterocycles. The molecule has 2 amide bonds. The SMILES string of the molecule is O=C(COc1ccccc1Cl)NNC(=S)NC(=O)COc1ccc(Br)cc1. The average Bonchev–Trinajstić information content (AvgIpc) is 2.65. The number of carbonyl (C=O) groups excluding carboxylic acids is 2. The van der Waals surface area contributed by atoms with E-state index in [0.717, 1.165) is 4.47 Å². The van der Waals surface area contributed by atoms with E-state index in [4.69, 9.17) is 33.3 Å². The van der Waals surface area contributed by atoms with Gasteiger partial charge in [0.1, 0.15) is 11.5 Å². The van der Waals surface area contributed by atoms with Gasteiger partial charge in [-0.25, -0.2) is 0 Å². The van der Waals surface area contributed by atoms with Crippen molar-refractivity contribution in [1.82, 2.24) is 16.2 Å². The highest BCUT2D eigenvalue weighted by Crippen LogP contribution is 2.22. The first-order valence-electron chi connectivity index (χ1n) is 7.58. The number of hydrogen-bond acceptors (Lipinski definition) is 5. The smallest absolute Gasteiger partial charge is 0.276 e. The fourth-order valence-corrected chi connectivity index (χ4v) is 2.36. The molecule has 2 rings (SSSR count). The first-order valence-corrected chi connectivity index (χ1v) is 9.16. The molecule has 0 atom stereocenters. The molecule has 0 fully saturated rings. The number of carbonyl (C=O) groups is 2. The zero-order valence-corrected chi connectivity index (χ0v) is 17.0. The number of benzene rings is 2. The second-order valence-electron chi connectivity index (χ2n) is 5.01. The van der Waals surface area contributed by atoms with E-state index in [-0.39, 0.29) is 18.3 Å². The standard InChI is InChI=1S/C17H15BrClN3O4S/c18-11-5-7-12(8-6-11)25-9-15(23)20-17(27)22-21-16(24)10-26-14-4-2-1-3-13(14)19/h1-8H,9-10H2,(H,21,24)(H2,20,22,23,27). The predicted molar refractivity (Wildman–Crippen MR) is 109 cm³/mol. The van der Waals surface area contributed by atoms with Crippen molar-refractivity contribution in [2.75, 3.05) is 13.2 Å². The molecular weight excluding hydrogens is 458 g/mol. The highest BCUT2D eigenvalue weighted by atomic mass is 79.9. The molecule has 27 heavy (non-hydrogen) atoms. The van der Waals surface area contributed by atoms with E-state index in [0.29, 0.717) is 16.5 Å². The van der Waals surface area contributed by atoms with Crippen LogP contribution in [0.15, 0.2) is 53.0 Å². The van der Waals surface area contributed by atoms with Gasteiger partial charge in [-0.15, -0.1) is 0 Å². The number of para-hydroxylation sites is 1. The lowest BCUT2D eigenvalue weighted by Crippen LogP contribution is -2.50. The van der Waals surface area contributed by atoms with Crippen molar-refractivity contribution >= 4 is 56.7 Å². The number of thiocarbonyl (C=S) groups is 1. The minimum atomic E-state index is -0.502. The quantitative estimate of drug-likeness (QED) is 0.442. The summed E-state index contributed by atoms with van der Waals surface area (Å²) in [7, 11) is 0. The maximum absolute atomic E-state index is 11.8. The molecule has 142 valence electrons. The molecular formula is C17H15BrClN3O4S. The lowest BCUT2D eigenvalue weighted by molar-refractivity contribution is -0.124. The first-order chi connectivity index (χ1) is 12.9. The summed E-state index contributed by atoms with van der Waals surface area (Å²) in [5.41, 5.74) is 4.69. The van der Waals surface area contributed by atoms with E-state index in [2.05, 4.69) is 32.1 Å². The number of hydrazine groups is 1. The highest BCUT2D eigenvalue weighted by Gasteiger charge is 2.08. The zero-order valence-electron chi connectivity index (χ0n) is 13.8. The van der Waals surface area contributed by atoms with Gasteiger partial charge in [-0.05, 0) is 48.6 Å². The third-order valence-corrected chi connectivity index (χ3v) is 3.99. The normalized spacial score (nSPS) is 9.85. The second kappa shape index (κ2) is 10.7. The Morgan fingerprint density at radius 2 is 1.63 bits per heavy atom. The van der Waals surface area contributed by atoms with Crippen LogP contribution < -0.4 is 25.6 Å². The van der Waals surface area contributed by atoms with Crippen LogP contribution in [0.4, 0.5) is 0 Å². The molecule has 0 saturated heterocycles. The number of amides is 2. The fraction of sp³-hybridized carbons (Fsp3) is 0.118. The van der Waals surface area contributed by atoms with Crippen LogP contribution in [0.1, 0.15) is 0 Å². The van der Waals surface area contributed by atoms with Gasteiger partial charge in [0.15, 0.2) is 18.3 Å². The number of ether oxygens (including phenoxy) is 2. The Kier molecular flexibility index (Phi) is 8.31. The average molecular weight is 473 g/mol. The largest absolute Gasteiger partial charge is 0.484 e. The van der Waals surface area contributed by atoms with Crippen LogP contribution in [-0.4, -0.2) is 30.1 Å². The van der Waals surface area contributed by atoms with Gasteiger partial charge in [0.05, 0.1) is 5.02 Å². The maximum atomic E-state index is 11.8. The summed E-state index contributed by atoms with van der Waals surface area (Å²) in [5.74, 6) is -0.0536. The van der Waals surface area contributed by atoms with E-state index >= 15 is 0 Å². The molecule has 10 heteroatoms. The summed E-state index contributed by atoms with van der Waals surface area (Å²) < 4.78 is 11.5. The van der Waals surface area contributed by atoms with Gasteiger partial charge in [-0.2, -0.15) is 0 Å². The van der Waals surface area contributed by atoms with E-state index in [9.17, 15) is 9.59 Å². The molecule has 0 heterocycles. The Bertz CT molecular complexity index is 820. The third kappa shape index (κ3) is 7.81. The number of nitrogens with one attached hydrogen (secondary N) is 3. The molecule has 0 bridgehead atoms. The lowest BCUT2D eigenvalue weighted by Gasteiger charge is -2.12. The van der Waals surface area contributed by atoms with Crippen molar-refractivity contribution in [3.63, 3.8) is 0 Å². The Morgan fingerprint density at radius 1 is 0.963 bits per heavy atom. The summed E-state index contributed by atoms with van der Waals surface area (Å²) in [6.45, 7) is -0.507. The number of hydrogen-bond donors (Lipinski definition) is 3. The minimum absolute atomic E-state index is 0.0782. The van der Waals surface area contributed by atoms with Gasteiger partial charge >= 0.3 is 0 Å². The van der Waals surface area contributed by atoms with Crippen molar-refractivity contribution in [3.8, 4) is 11.5 Å². The van der Waals surface area contributed by atoms with Gasteiger partial charge in [0, 0.05) is 4.47 Å². The van der Waals surface area contributed by atoms with Gasteiger partial charge in [-0.3, -0.25) is 25.8 Å². The van der Waals surface area contributed by atoms with Gasteiger partial charge in [-0.1, -0.05) is 39.7 Å². The molecule has 2 aromatic carbocycles. The summed E-state index contributed by atoms with van der Waals surface area (Å²) >= 11 is 14.1. The van der Waals surface area contributed by atoms with Crippen molar-refractivity contribution in [2.45, 2.75) is 0 Å². The first kappa shape index (κ1) is 20.9. The summed E-state index contributed by atoms with van der Waals surface area (Å²) in [6.07, 6.45) is 0. The monoisotopic (exact) mass is 471 g/mol. The Morgan fingerprint density at radius 3 is 2.33 bits per heavy atom. The van der Waals surface area contributed by atoms with Crippen molar-refractivity contribution in [3.05, 3.63) is 58.0 Å². The Balaban J connectivity index is 1.64. The maximum Gasteiger partial charge on any atom is 0.276 e. The van der Waals surface area contributed by atoms with Crippen LogP contribution in [0.25, 0.3) is 0 Å². The van der Waals surface area contributed by atoms with Gasteiger partial charge in [0.25, 0.3) is 11.8 Å². The van der Waals surface area contributed by atoms with Crippen LogP contribution in [0, 0.1) is 0 Å². The number of rotatable bonds is 6. The van der Waals surface area contributed by atoms with Crippen molar-refractivity contribution < 1.29 is 19.1 Å². The molecule has 0 aromatic heterocycles. The molecule has 0 radical (unpaired) electrons. The summed E-state index contributed by atoms with van der Waals surface area (Å²) in [4.78, 5) is 23.5. The predicted octanol–water partition coefficient (Wildman–Crippen LogP) is 2.58. The molecule has 2 aromatic rings. The Hall–Kier alpha value is -2.36. The van der Waals surface area contributed by atoms with Crippen LogP contribution in [-0.2, 0) is 9.59 Å². The van der Waals surface area contributed by atoms with Crippen molar-refractivity contribution in [1.29, 1.82) is 0 Å². The van der Waals surface area contributed by atoms with Crippen molar-refractivity contribution in [2.24, 2.45) is 0 Å². The van der Waals surface area contributed by atoms with Gasteiger partial charge < -0.3 is 9.47 Å². The topological polar surface area (TPSA) is 88.7 Å². The lowest BCUT2D eigenvalue weighted by atomic mass is 10.3. The van der Waals surface area contributed by atoms with E-state index in [1.165, 1.54) is 0 Å². The Labute approximate surface area is 174 Å². The number of halogens is 2. The third-order valence-electron chi connectivity index (χ3n) is 2.95. The highest BCUT2D eigenvalue weighted by molar-refractivity contribution is 9.10. The summed E-state index contributed by atoms with van der Waals surface area (Å²) in [5, 5.41) is 2.69. The molecule has 3 N–H and O–H groups in total. The second-order valence-corrected chi connectivity index (χ2v) is 6.74. The zero-order chi connectivity index (χ0) is 19.6. The van der Waals surface area contributed by atoms with Gasteiger partial charge in [0.2, 0.25) is 0 Å². The molecule has 0 saturated carbocycles. The van der Waals surface area contributed by atoms with E-state index in [1.807, 2.05) is 0 Å². The van der Waals surface area contributed by atoms with E-state index < -0.39 is 11.8 Å². The van der Waals surface area contributed by atoms with Crippen LogP contribution in [0.2, 0.25) is 5.02 Å². The van der Waals surface area contributed by atoms with Crippen LogP contribution in [0.5, 0.6) is 11.5 Å². The van der Waals surface area contributed by atoms with Crippen LogP contribution >= 0.6 is 39.7 Å². The van der Waals surface area contributed by atoms with E-state index in [1.54, 1.807) is 48.5 Å². The fourth-order valence-electron chi connectivity index (χ4n) is 1.74. The molecule has 0 aliphatic carbocycles.